The van der Waals surface area contributed by atoms with Crippen LogP contribution in [0.5, 0.6) is 0 Å². The van der Waals surface area contributed by atoms with Crippen LogP contribution in [0.15, 0.2) is 91.1 Å². The molecule has 0 saturated carbocycles. The molecule has 0 amide bonds. The first-order valence-electron chi connectivity index (χ1n) is 8.23. The van der Waals surface area contributed by atoms with Crippen LogP contribution < -0.4 is 0 Å². The second-order valence-electron chi connectivity index (χ2n) is 5.87. The predicted octanol–water partition coefficient (Wildman–Crippen LogP) is 5.42. The molecule has 1 aromatic heterocycles. The zero-order chi connectivity index (χ0) is 17.9. The van der Waals surface area contributed by atoms with Crippen LogP contribution in [0.2, 0.25) is 5.02 Å². The Hall–Kier alpha value is -3.17. The number of carbonyl (C=O) groups excluding carboxylic acids is 1. The Labute approximate surface area is 156 Å². The van der Waals surface area contributed by atoms with Gasteiger partial charge in [-0.15, -0.1) is 0 Å². The molecule has 1 heterocycles. The third-order valence-electron chi connectivity index (χ3n) is 4.13. The smallest absolute Gasteiger partial charge is 0.196 e. The monoisotopic (exact) mass is 358 g/mol. The molecular weight excluding hydrogens is 344 g/mol. The largest absolute Gasteiger partial charge is 0.288 e. The number of hydrogen-bond acceptors (Lipinski definition) is 2. The van der Waals surface area contributed by atoms with Gasteiger partial charge >= 0.3 is 0 Å². The zero-order valence-electron chi connectivity index (χ0n) is 13.8. The Bertz CT molecular complexity index is 1040. The Kier molecular flexibility index (Phi) is 4.38. The van der Waals surface area contributed by atoms with Crippen molar-refractivity contribution in [2.75, 3.05) is 0 Å². The molecule has 126 valence electrons. The average Bonchev–Trinajstić information content (AvgIpc) is 3.15. The lowest BCUT2D eigenvalue weighted by Crippen LogP contribution is -2.01. The second-order valence-corrected chi connectivity index (χ2v) is 6.31. The van der Waals surface area contributed by atoms with E-state index in [-0.39, 0.29) is 5.78 Å². The van der Waals surface area contributed by atoms with Gasteiger partial charge in [0.25, 0.3) is 0 Å². The summed E-state index contributed by atoms with van der Waals surface area (Å²) in [6, 6.07) is 26.3. The molecule has 0 aliphatic carbocycles. The fraction of sp³-hybridized carbons (Fsp3) is 0. The predicted molar refractivity (Wildman–Crippen MR) is 104 cm³/mol. The number of aromatic nitrogens is 2. The van der Waals surface area contributed by atoms with E-state index in [2.05, 4.69) is 5.10 Å². The molecule has 0 radical (unpaired) electrons. The third kappa shape index (κ3) is 3.17. The van der Waals surface area contributed by atoms with Gasteiger partial charge in [-0.2, -0.15) is 5.10 Å². The van der Waals surface area contributed by atoms with Crippen molar-refractivity contribution < 1.29 is 4.79 Å². The van der Waals surface area contributed by atoms with Crippen molar-refractivity contribution in [3.05, 3.63) is 107 Å². The number of carbonyl (C=O) groups is 1. The van der Waals surface area contributed by atoms with Crippen LogP contribution in [0, 0.1) is 0 Å². The molecule has 0 atom stereocenters. The van der Waals surface area contributed by atoms with E-state index in [0.717, 1.165) is 11.3 Å². The van der Waals surface area contributed by atoms with E-state index in [0.29, 0.717) is 21.8 Å². The lowest BCUT2D eigenvalue weighted by atomic mass is 10.0. The van der Waals surface area contributed by atoms with Crippen LogP contribution >= 0.6 is 11.6 Å². The summed E-state index contributed by atoms with van der Waals surface area (Å²) in [7, 11) is 0. The van der Waals surface area contributed by atoms with Crippen molar-refractivity contribution in [1.82, 2.24) is 9.78 Å². The van der Waals surface area contributed by atoms with Crippen LogP contribution in [-0.4, -0.2) is 15.6 Å². The summed E-state index contributed by atoms with van der Waals surface area (Å²) >= 11 is 6.01. The van der Waals surface area contributed by atoms with E-state index in [1.54, 1.807) is 23.0 Å². The Morgan fingerprint density at radius 3 is 2.08 bits per heavy atom. The lowest BCUT2D eigenvalue weighted by Gasteiger charge is -2.02. The standard InChI is InChI=1S/C22H15ClN2O/c23-18-13-11-16(12-14-18)21-20(22(26)17-7-3-1-4-8-17)15-25(24-21)19-9-5-2-6-10-19/h1-15H. The second kappa shape index (κ2) is 6.98. The van der Waals surface area contributed by atoms with Crippen LogP contribution in [0.4, 0.5) is 0 Å². The molecule has 0 saturated heterocycles. The van der Waals surface area contributed by atoms with Gasteiger partial charge in [0.05, 0.1) is 11.3 Å². The van der Waals surface area contributed by atoms with Gasteiger partial charge in [-0.3, -0.25) is 4.79 Å². The van der Waals surface area contributed by atoms with Crippen molar-refractivity contribution in [2.45, 2.75) is 0 Å². The van der Waals surface area contributed by atoms with E-state index in [1.807, 2.05) is 72.8 Å². The molecule has 0 spiro atoms. The average molecular weight is 359 g/mol. The number of benzene rings is 3. The first-order chi connectivity index (χ1) is 12.7. The first kappa shape index (κ1) is 16.3. The van der Waals surface area contributed by atoms with Gasteiger partial charge in [-0.25, -0.2) is 4.68 Å². The quantitative estimate of drug-likeness (QED) is 0.456. The highest BCUT2D eigenvalue weighted by atomic mass is 35.5. The molecule has 3 nitrogen and oxygen atoms in total. The Morgan fingerprint density at radius 2 is 1.42 bits per heavy atom. The fourth-order valence-electron chi connectivity index (χ4n) is 2.82. The molecular formula is C22H15ClN2O. The molecule has 0 fully saturated rings. The minimum atomic E-state index is -0.0577. The van der Waals surface area contributed by atoms with E-state index in [4.69, 9.17) is 11.6 Å². The number of nitrogens with zero attached hydrogens (tertiary/aromatic N) is 2. The van der Waals surface area contributed by atoms with Crippen LogP contribution in [0.1, 0.15) is 15.9 Å². The number of halogens is 1. The van der Waals surface area contributed by atoms with Gasteiger partial charge < -0.3 is 0 Å². The minimum absolute atomic E-state index is 0.0577. The Balaban J connectivity index is 1.87. The van der Waals surface area contributed by atoms with Crippen LogP contribution in [0.3, 0.4) is 0 Å². The zero-order valence-corrected chi connectivity index (χ0v) is 14.6. The minimum Gasteiger partial charge on any atom is -0.288 e. The molecule has 4 aromatic rings. The van der Waals surface area contributed by atoms with Crippen LogP contribution in [-0.2, 0) is 0 Å². The van der Waals surface area contributed by atoms with Gasteiger partial charge in [-0.1, -0.05) is 72.3 Å². The summed E-state index contributed by atoms with van der Waals surface area (Å²) in [5.74, 6) is -0.0577. The van der Waals surface area contributed by atoms with E-state index < -0.39 is 0 Å². The molecule has 4 heteroatoms. The van der Waals surface area contributed by atoms with Gasteiger partial charge in [0.15, 0.2) is 5.78 Å². The van der Waals surface area contributed by atoms with Crippen LogP contribution in [0.25, 0.3) is 16.9 Å². The van der Waals surface area contributed by atoms with Gasteiger partial charge in [0.1, 0.15) is 5.69 Å². The summed E-state index contributed by atoms with van der Waals surface area (Å²) in [4.78, 5) is 13.1. The fourth-order valence-corrected chi connectivity index (χ4v) is 2.95. The normalized spacial score (nSPS) is 10.7. The highest BCUT2D eigenvalue weighted by Crippen LogP contribution is 2.27. The highest BCUT2D eigenvalue weighted by Gasteiger charge is 2.19. The summed E-state index contributed by atoms with van der Waals surface area (Å²) in [5.41, 5.74) is 3.58. The van der Waals surface area contributed by atoms with E-state index in [1.165, 1.54) is 0 Å². The third-order valence-corrected chi connectivity index (χ3v) is 4.39. The van der Waals surface area contributed by atoms with Crippen molar-refractivity contribution in [2.24, 2.45) is 0 Å². The topological polar surface area (TPSA) is 34.9 Å². The molecule has 0 N–H and O–H groups in total. The van der Waals surface area contributed by atoms with Crippen molar-refractivity contribution in [1.29, 1.82) is 0 Å². The SMILES string of the molecule is O=C(c1ccccc1)c1cn(-c2ccccc2)nc1-c1ccc(Cl)cc1. The van der Waals surface area contributed by atoms with Gasteiger partial charge in [0.2, 0.25) is 0 Å². The number of ketones is 1. The summed E-state index contributed by atoms with van der Waals surface area (Å²) in [5, 5.41) is 5.33. The summed E-state index contributed by atoms with van der Waals surface area (Å²) in [6.07, 6.45) is 1.79. The lowest BCUT2D eigenvalue weighted by molar-refractivity contribution is 0.103. The summed E-state index contributed by atoms with van der Waals surface area (Å²) in [6.45, 7) is 0. The van der Waals surface area contributed by atoms with Gasteiger partial charge in [0, 0.05) is 22.3 Å². The molecule has 0 aliphatic rings. The van der Waals surface area contributed by atoms with Crippen molar-refractivity contribution >= 4 is 17.4 Å². The molecule has 26 heavy (non-hydrogen) atoms. The van der Waals surface area contributed by atoms with E-state index >= 15 is 0 Å². The molecule has 0 aliphatic heterocycles. The Morgan fingerprint density at radius 1 is 0.808 bits per heavy atom. The number of para-hydroxylation sites is 1. The van der Waals surface area contributed by atoms with Gasteiger partial charge in [-0.05, 0) is 24.3 Å². The first-order valence-corrected chi connectivity index (χ1v) is 8.61. The van der Waals surface area contributed by atoms with Crippen molar-refractivity contribution in [3.63, 3.8) is 0 Å². The van der Waals surface area contributed by atoms with Crippen molar-refractivity contribution in [3.8, 4) is 16.9 Å². The maximum absolute atomic E-state index is 13.1. The van der Waals surface area contributed by atoms with E-state index in [9.17, 15) is 4.79 Å². The highest BCUT2D eigenvalue weighted by molar-refractivity contribution is 6.30. The summed E-state index contributed by atoms with van der Waals surface area (Å²) < 4.78 is 1.74. The maximum atomic E-state index is 13.1. The molecule has 0 bridgehead atoms. The number of rotatable bonds is 4. The molecule has 3 aromatic carbocycles. The molecule has 0 unspecified atom stereocenters. The molecule has 4 rings (SSSR count). The number of hydrogen-bond donors (Lipinski definition) is 0. The maximum Gasteiger partial charge on any atom is 0.196 e.